The minimum atomic E-state index is -4.44. The van der Waals surface area contributed by atoms with Gasteiger partial charge in [-0.3, -0.25) is 10.3 Å². The number of H-pyrrole nitrogens is 1. The van der Waals surface area contributed by atoms with Crippen LogP contribution in [0.2, 0.25) is 0 Å². The molecule has 0 radical (unpaired) electrons. The van der Waals surface area contributed by atoms with E-state index in [0.29, 0.717) is 28.3 Å². The number of rotatable bonds is 5. The highest BCUT2D eigenvalue weighted by molar-refractivity contribution is 5.86. The molecule has 0 saturated carbocycles. The summed E-state index contributed by atoms with van der Waals surface area (Å²) in [7, 11) is 0. The number of aromatic amines is 1. The van der Waals surface area contributed by atoms with Crippen molar-refractivity contribution in [2.75, 3.05) is 5.32 Å². The summed E-state index contributed by atoms with van der Waals surface area (Å²) in [5.41, 5.74) is 0.511. The number of ether oxygens (including phenoxy) is 2. The molecule has 0 unspecified atom stereocenters. The van der Waals surface area contributed by atoms with E-state index in [-0.39, 0.29) is 5.88 Å². The maximum Gasteiger partial charge on any atom is 0.418 e. The van der Waals surface area contributed by atoms with E-state index < -0.39 is 17.8 Å². The van der Waals surface area contributed by atoms with Crippen LogP contribution in [0.1, 0.15) is 5.56 Å². The average molecular weight is 439 g/mol. The van der Waals surface area contributed by atoms with Crippen molar-refractivity contribution in [3.63, 3.8) is 0 Å². The van der Waals surface area contributed by atoms with E-state index in [4.69, 9.17) is 9.47 Å². The average Bonchev–Trinajstić information content (AvgIpc) is 3.24. The Hall–Kier alpha value is -4.27. The second-order valence-corrected chi connectivity index (χ2v) is 6.66. The van der Waals surface area contributed by atoms with Crippen LogP contribution in [0.15, 0.2) is 85.3 Å². The normalized spacial score (nSPS) is 11.1. The maximum atomic E-state index is 12.9. The first-order valence-corrected chi connectivity index (χ1v) is 9.40. The summed E-state index contributed by atoms with van der Waals surface area (Å²) < 4.78 is 49.5. The van der Waals surface area contributed by atoms with Crippen molar-refractivity contribution >= 4 is 11.8 Å². The lowest BCUT2D eigenvalue weighted by Gasteiger charge is -2.08. The molecule has 0 atom stereocenters. The maximum absolute atomic E-state index is 12.9. The highest BCUT2D eigenvalue weighted by Crippen LogP contribution is 2.33. The highest BCUT2D eigenvalue weighted by atomic mass is 19.4. The lowest BCUT2D eigenvalue weighted by molar-refractivity contribution is -0.137. The summed E-state index contributed by atoms with van der Waals surface area (Å²) in [5.74, 6) is 1.23. The summed E-state index contributed by atoms with van der Waals surface area (Å²) in [6, 6.07) is 16.5. The number of alkyl halides is 3. The molecule has 4 rings (SSSR count). The predicted molar refractivity (Wildman–Crippen MR) is 112 cm³/mol. The number of nitrogens with zero attached hydrogens (tertiary/aromatic N) is 1. The molecule has 2 N–H and O–H groups in total. The van der Waals surface area contributed by atoms with Crippen molar-refractivity contribution in [1.29, 1.82) is 0 Å². The summed E-state index contributed by atoms with van der Waals surface area (Å²) in [4.78, 5) is 18.8. The summed E-state index contributed by atoms with van der Waals surface area (Å²) in [5, 5.41) is 2.56. The van der Waals surface area contributed by atoms with Crippen LogP contribution in [-0.4, -0.2) is 16.1 Å². The third-order valence-corrected chi connectivity index (χ3v) is 4.35. The number of benzene rings is 2. The molecule has 1 amide bonds. The number of nitrogens with one attached hydrogen (secondary N) is 2. The van der Waals surface area contributed by atoms with Crippen molar-refractivity contribution in [1.82, 2.24) is 9.97 Å². The number of carbonyl (C=O) groups excluding carboxylic acids is 1. The van der Waals surface area contributed by atoms with Gasteiger partial charge in [-0.1, -0.05) is 12.1 Å². The molecule has 2 aromatic heterocycles. The minimum Gasteiger partial charge on any atom is -0.456 e. The molecule has 2 aromatic carbocycles. The molecule has 4 aromatic rings. The summed E-state index contributed by atoms with van der Waals surface area (Å²) in [6.07, 6.45) is -0.526. The van der Waals surface area contributed by atoms with E-state index in [1.165, 1.54) is 24.4 Å². The Morgan fingerprint density at radius 1 is 0.938 bits per heavy atom. The van der Waals surface area contributed by atoms with Gasteiger partial charge in [-0.05, 0) is 54.1 Å². The van der Waals surface area contributed by atoms with Crippen molar-refractivity contribution in [3.05, 3.63) is 90.9 Å². The van der Waals surface area contributed by atoms with E-state index in [1.807, 2.05) is 0 Å². The number of halogens is 3. The number of amides is 1. The molecule has 0 aliphatic heterocycles. The topological polar surface area (TPSA) is 76.2 Å². The molecule has 0 aliphatic rings. The van der Waals surface area contributed by atoms with E-state index in [2.05, 4.69) is 15.3 Å². The Morgan fingerprint density at radius 2 is 1.75 bits per heavy atom. The van der Waals surface area contributed by atoms with Crippen LogP contribution in [0, 0.1) is 0 Å². The fourth-order valence-electron chi connectivity index (χ4n) is 2.87. The van der Waals surface area contributed by atoms with Gasteiger partial charge in [-0.2, -0.15) is 13.2 Å². The van der Waals surface area contributed by atoms with Gasteiger partial charge in [0, 0.05) is 29.7 Å². The first-order valence-electron chi connectivity index (χ1n) is 9.40. The monoisotopic (exact) mass is 439 g/mol. The molecule has 9 heteroatoms. The highest BCUT2D eigenvalue weighted by Gasteiger charge is 2.30. The third kappa shape index (κ3) is 5.25. The van der Waals surface area contributed by atoms with Crippen LogP contribution in [0.5, 0.6) is 17.4 Å². The van der Waals surface area contributed by atoms with Crippen molar-refractivity contribution in [3.8, 4) is 28.5 Å². The Morgan fingerprint density at radius 3 is 2.47 bits per heavy atom. The van der Waals surface area contributed by atoms with Gasteiger partial charge in [0.25, 0.3) is 0 Å². The van der Waals surface area contributed by atoms with E-state index >= 15 is 0 Å². The predicted octanol–water partition coefficient (Wildman–Crippen LogP) is 6.50. The molecule has 162 valence electrons. The molecule has 0 aliphatic carbocycles. The molecule has 2 heterocycles. The van der Waals surface area contributed by atoms with E-state index in [1.54, 1.807) is 48.8 Å². The van der Waals surface area contributed by atoms with Crippen molar-refractivity contribution < 1.29 is 27.4 Å². The van der Waals surface area contributed by atoms with Crippen molar-refractivity contribution in [2.24, 2.45) is 0 Å². The van der Waals surface area contributed by atoms with Crippen LogP contribution in [0.25, 0.3) is 11.1 Å². The minimum absolute atomic E-state index is 0.0893. The number of aromatic nitrogens is 2. The molecule has 0 fully saturated rings. The molecule has 0 spiro atoms. The fraction of sp³-hybridized carbons (Fsp3) is 0.0435. The summed E-state index contributed by atoms with van der Waals surface area (Å²) >= 11 is 0. The lowest BCUT2D eigenvalue weighted by atomic mass is 10.1. The van der Waals surface area contributed by atoms with Crippen LogP contribution in [0.4, 0.5) is 23.7 Å². The van der Waals surface area contributed by atoms with Gasteiger partial charge in [0.15, 0.2) is 0 Å². The quantitative estimate of drug-likeness (QED) is 0.372. The van der Waals surface area contributed by atoms with Gasteiger partial charge >= 0.3 is 12.3 Å². The van der Waals surface area contributed by atoms with Gasteiger partial charge in [-0.15, -0.1) is 0 Å². The van der Waals surface area contributed by atoms with E-state index in [9.17, 15) is 18.0 Å². The first-order chi connectivity index (χ1) is 15.4. The standard InChI is InChI=1S/C23H16F3N3O3/c24-23(25,26)17-4-1-3-15(11-17)16-12-21(28-13-16)32-22(30)29-18-6-8-19(9-7-18)31-20-5-2-10-27-14-20/h1-14,28H,(H,29,30). The van der Waals surface area contributed by atoms with Crippen LogP contribution >= 0.6 is 0 Å². The zero-order chi connectivity index (χ0) is 22.6. The number of carbonyl (C=O) groups is 1. The van der Waals surface area contributed by atoms with Crippen LogP contribution < -0.4 is 14.8 Å². The summed E-state index contributed by atoms with van der Waals surface area (Å²) in [6.45, 7) is 0. The zero-order valence-electron chi connectivity index (χ0n) is 16.4. The van der Waals surface area contributed by atoms with Gasteiger partial charge in [-0.25, -0.2) is 4.79 Å². The number of hydrogen-bond acceptors (Lipinski definition) is 4. The van der Waals surface area contributed by atoms with Gasteiger partial charge < -0.3 is 14.5 Å². The first kappa shape index (κ1) is 21.0. The van der Waals surface area contributed by atoms with Crippen LogP contribution in [-0.2, 0) is 6.18 Å². The molecule has 6 nitrogen and oxygen atoms in total. The van der Waals surface area contributed by atoms with E-state index in [0.717, 1.165) is 12.1 Å². The number of anilines is 1. The molecule has 0 saturated heterocycles. The Balaban J connectivity index is 1.36. The zero-order valence-corrected chi connectivity index (χ0v) is 16.4. The van der Waals surface area contributed by atoms with Crippen molar-refractivity contribution in [2.45, 2.75) is 6.18 Å². The number of pyridine rings is 1. The molecular formula is C23H16F3N3O3. The SMILES string of the molecule is O=C(Nc1ccc(Oc2cccnc2)cc1)Oc1cc(-c2cccc(C(F)(F)F)c2)c[nH]1. The molecular weight excluding hydrogens is 423 g/mol. The lowest BCUT2D eigenvalue weighted by Crippen LogP contribution is -2.16. The Kier molecular flexibility index (Phi) is 5.80. The molecule has 0 bridgehead atoms. The molecule has 32 heavy (non-hydrogen) atoms. The second-order valence-electron chi connectivity index (χ2n) is 6.66. The Bertz CT molecular complexity index is 1210. The van der Waals surface area contributed by atoms with Crippen LogP contribution in [0.3, 0.4) is 0 Å². The van der Waals surface area contributed by atoms with Gasteiger partial charge in [0.1, 0.15) is 11.5 Å². The number of hydrogen-bond donors (Lipinski definition) is 2. The smallest absolute Gasteiger partial charge is 0.418 e. The fourth-order valence-corrected chi connectivity index (χ4v) is 2.87. The Labute approximate surface area is 180 Å². The van der Waals surface area contributed by atoms with Gasteiger partial charge in [0.2, 0.25) is 5.88 Å². The second kappa shape index (κ2) is 8.84. The van der Waals surface area contributed by atoms with Gasteiger partial charge in [0.05, 0.1) is 11.8 Å². The largest absolute Gasteiger partial charge is 0.456 e. The third-order valence-electron chi connectivity index (χ3n) is 4.35.